The Bertz CT molecular complexity index is 343. The van der Waals surface area contributed by atoms with Crippen LogP contribution in [0.3, 0.4) is 0 Å². The molecule has 0 aliphatic heterocycles. The Morgan fingerprint density at radius 2 is 2.27 bits per heavy atom. The van der Waals surface area contributed by atoms with Gasteiger partial charge in [-0.15, -0.1) is 5.10 Å². The summed E-state index contributed by atoms with van der Waals surface area (Å²) < 4.78 is 0. The van der Waals surface area contributed by atoms with Gasteiger partial charge in [-0.1, -0.05) is 13.3 Å². The standard InChI is InChI=1S/C11H16N4/c1-3-5-8-15(4-2)11-10(9-12)6-7-13-14-11/h6-7H,3-5,8H2,1-2H3. The number of hydrogen-bond acceptors (Lipinski definition) is 4. The van der Waals surface area contributed by atoms with Crippen molar-refractivity contribution in [2.45, 2.75) is 26.7 Å². The van der Waals surface area contributed by atoms with Gasteiger partial charge in [0.1, 0.15) is 6.07 Å². The summed E-state index contributed by atoms with van der Waals surface area (Å²) in [6.07, 6.45) is 3.80. The van der Waals surface area contributed by atoms with Crippen LogP contribution in [0.5, 0.6) is 0 Å². The van der Waals surface area contributed by atoms with Crippen molar-refractivity contribution in [2.24, 2.45) is 0 Å². The van der Waals surface area contributed by atoms with E-state index in [1.165, 1.54) is 0 Å². The van der Waals surface area contributed by atoms with Crippen LogP contribution in [-0.2, 0) is 0 Å². The first-order valence-electron chi connectivity index (χ1n) is 5.30. The SMILES string of the molecule is CCCCN(CC)c1nnccc1C#N. The second-order valence-electron chi connectivity index (χ2n) is 3.31. The summed E-state index contributed by atoms with van der Waals surface area (Å²) >= 11 is 0. The summed E-state index contributed by atoms with van der Waals surface area (Å²) in [5, 5.41) is 16.8. The molecule has 15 heavy (non-hydrogen) atoms. The summed E-state index contributed by atoms with van der Waals surface area (Å²) in [5.74, 6) is 0.705. The van der Waals surface area contributed by atoms with Crippen LogP contribution in [0.4, 0.5) is 5.82 Å². The topological polar surface area (TPSA) is 52.8 Å². The molecule has 0 unspecified atom stereocenters. The molecule has 4 heteroatoms. The lowest BCUT2D eigenvalue weighted by atomic mass is 10.2. The first kappa shape index (κ1) is 11.4. The fourth-order valence-electron chi connectivity index (χ4n) is 1.41. The van der Waals surface area contributed by atoms with Crippen molar-refractivity contribution in [2.75, 3.05) is 18.0 Å². The lowest BCUT2D eigenvalue weighted by Crippen LogP contribution is -2.26. The minimum Gasteiger partial charge on any atom is -0.354 e. The molecule has 1 aromatic rings. The van der Waals surface area contributed by atoms with Gasteiger partial charge in [-0.3, -0.25) is 0 Å². The monoisotopic (exact) mass is 204 g/mol. The molecule has 0 aromatic carbocycles. The van der Waals surface area contributed by atoms with Gasteiger partial charge >= 0.3 is 0 Å². The number of rotatable bonds is 5. The van der Waals surface area contributed by atoms with Gasteiger partial charge < -0.3 is 4.90 Å². The predicted molar refractivity (Wildman–Crippen MR) is 59.5 cm³/mol. The van der Waals surface area contributed by atoms with Crippen molar-refractivity contribution in [3.63, 3.8) is 0 Å². The van der Waals surface area contributed by atoms with Crippen LogP contribution < -0.4 is 4.90 Å². The second-order valence-corrected chi connectivity index (χ2v) is 3.31. The molecule has 0 radical (unpaired) electrons. The highest BCUT2D eigenvalue weighted by atomic mass is 15.3. The molecule has 0 saturated heterocycles. The third-order valence-corrected chi connectivity index (χ3v) is 2.28. The molecule has 0 fully saturated rings. The van der Waals surface area contributed by atoms with E-state index in [2.05, 4.69) is 35.0 Å². The van der Waals surface area contributed by atoms with Crippen LogP contribution in [0.15, 0.2) is 12.3 Å². The average Bonchev–Trinajstić information content (AvgIpc) is 2.30. The van der Waals surface area contributed by atoms with E-state index in [-0.39, 0.29) is 0 Å². The van der Waals surface area contributed by atoms with Gasteiger partial charge in [0.2, 0.25) is 0 Å². The number of hydrogen-bond donors (Lipinski definition) is 0. The van der Waals surface area contributed by atoms with E-state index in [0.717, 1.165) is 25.9 Å². The molecule has 0 bridgehead atoms. The lowest BCUT2D eigenvalue weighted by Gasteiger charge is -2.21. The molecule has 0 aliphatic rings. The smallest absolute Gasteiger partial charge is 0.169 e. The summed E-state index contributed by atoms with van der Waals surface area (Å²) in [4.78, 5) is 2.09. The molecule has 4 nitrogen and oxygen atoms in total. The van der Waals surface area contributed by atoms with E-state index in [1.807, 2.05) is 0 Å². The molecule has 0 saturated carbocycles. The van der Waals surface area contributed by atoms with Crippen molar-refractivity contribution in [1.29, 1.82) is 5.26 Å². The molecule has 1 aromatic heterocycles. The van der Waals surface area contributed by atoms with E-state index in [9.17, 15) is 0 Å². The normalized spacial score (nSPS) is 9.67. The first-order valence-corrected chi connectivity index (χ1v) is 5.30. The van der Waals surface area contributed by atoms with E-state index >= 15 is 0 Å². The predicted octanol–water partition coefficient (Wildman–Crippen LogP) is 1.97. The Kier molecular flexibility index (Phi) is 4.55. The van der Waals surface area contributed by atoms with Gasteiger partial charge in [0, 0.05) is 13.1 Å². The first-order chi connectivity index (χ1) is 7.33. The number of aromatic nitrogens is 2. The number of anilines is 1. The lowest BCUT2D eigenvalue weighted by molar-refractivity contribution is 0.716. The molecule has 1 rings (SSSR count). The van der Waals surface area contributed by atoms with Crippen LogP contribution in [0.2, 0.25) is 0 Å². The van der Waals surface area contributed by atoms with E-state index < -0.39 is 0 Å². The zero-order valence-electron chi connectivity index (χ0n) is 9.27. The molecule has 0 spiro atoms. The van der Waals surface area contributed by atoms with Crippen molar-refractivity contribution in [3.8, 4) is 6.07 Å². The van der Waals surface area contributed by atoms with E-state index in [0.29, 0.717) is 11.4 Å². The Morgan fingerprint density at radius 3 is 2.87 bits per heavy atom. The van der Waals surface area contributed by atoms with Crippen LogP contribution >= 0.6 is 0 Å². The molecule has 80 valence electrons. The molecule has 1 heterocycles. The zero-order valence-corrected chi connectivity index (χ0v) is 9.27. The fourth-order valence-corrected chi connectivity index (χ4v) is 1.41. The minimum atomic E-state index is 0.600. The Morgan fingerprint density at radius 1 is 1.47 bits per heavy atom. The maximum atomic E-state index is 8.94. The third kappa shape index (κ3) is 2.91. The maximum Gasteiger partial charge on any atom is 0.169 e. The molecular weight excluding hydrogens is 188 g/mol. The zero-order chi connectivity index (χ0) is 11.1. The van der Waals surface area contributed by atoms with Crippen molar-refractivity contribution >= 4 is 5.82 Å². The van der Waals surface area contributed by atoms with Gasteiger partial charge in [0.15, 0.2) is 5.82 Å². The molecule has 0 atom stereocenters. The fraction of sp³-hybridized carbons (Fsp3) is 0.545. The molecule has 0 amide bonds. The van der Waals surface area contributed by atoms with Crippen LogP contribution in [0.1, 0.15) is 32.3 Å². The van der Waals surface area contributed by atoms with E-state index in [1.54, 1.807) is 12.3 Å². The Labute approximate surface area is 90.5 Å². The average molecular weight is 204 g/mol. The van der Waals surface area contributed by atoms with Gasteiger partial charge in [-0.2, -0.15) is 10.4 Å². The van der Waals surface area contributed by atoms with Gasteiger partial charge in [-0.25, -0.2) is 0 Å². The van der Waals surface area contributed by atoms with Crippen molar-refractivity contribution < 1.29 is 0 Å². The number of unbranched alkanes of at least 4 members (excludes halogenated alkanes) is 1. The molecular formula is C11H16N4. The highest BCUT2D eigenvalue weighted by Gasteiger charge is 2.10. The minimum absolute atomic E-state index is 0.600. The summed E-state index contributed by atoms with van der Waals surface area (Å²) in [5.41, 5.74) is 0.600. The molecule has 0 aliphatic carbocycles. The number of nitrogens with zero attached hydrogens (tertiary/aromatic N) is 4. The summed E-state index contributed by atoms with van der Waals surface area (Å²) in [6, 6.07) is 3.85. The van der Waals surface area contributed by atoms with Crippen LogP contribution in [-0.4, -0.2) is 23.3 Å². The quantitative estimate of drug-likeness (QED) is 0.735. The van der Waals surface area contributed by atoms with Crippen molar-refractivity contribution in [3.05, 3.63) is 17.8 Å². The van der Waals surface area contributed by atoms with Gasteiger partial charge in [-0.05, 0) is 19.4 Å². The highest BCUT2D eigenvalue weighted by molar-refractivity contribution is 5.52. The Balaban J connectivity index is 2.86. The molecule has 0 N–H and O–H groups in total. The van der Waals surface area contributed by atoms with Crippen LogP contribution in [0.25, 0.3) is 0 Å². The van der Waals surface area contributed by atoms with Crippen molar-refractivity contribution in [1.82, 2.24) is 10.2 Å². The Hall–Kier alpha value is -1.63. The van der Waals surface area contributed by atoms with Crippen LogP contribution in [0, 0.1) is 11.3 Å². The highest BCUT2D eigenvalue weighted by Crippen LogP contribution is 2.15. The summed E-state index contributed by atoms with van der Waals surface area (Å²) in [7, 11) is 0. The third-order valence-electron chi connectivity index (χ3n) is 2.28. The summed E-state index contributed by atoms with van der Waals surface area (Å²) in [6.45, 7) is 5.99. The van der Waals surface area contributed by atoms with Gasteiger partial charge in [0.05, 0.1) is 11.8 Å². The van der Waals surface area contributed by atoms with Gasteiger partial charge in [0.25, 0.3) is 0 Å². The second kappa shape index (κ2) is 5.97. The largest absolute Gasteiger partial charge is 0.354 e. The maximum absolute atomic E-state index is 8.94. The van der Waals surface area contributed by atoms with E-state index in [4.69, 9.17) is 5.26 Å². The number of nitriles is 1.